The number of benzene rings is 3. The highest BCUT2D eigenvalue weighted by Gasteiger charge is 2.28. The summed E-state index contributed by atoms with van der Waals surface area (Å²) < 4.78 is 0. The normalized spacial score (nSPS) is 14.0. The number of halogens is 3. The Morgan fingerprint density at radius 2 is 1.69 bits per heavy atom. The molecule has 0 unspecified atom stereocenters. The molecule has 3 aromatic carbocycles. The van der Waals surface area contributed by atoms with Crippen LogP contribution in [0.5, 0.6) is 0 Å². The minimum Gasteiger partial charge on any atom is -0.333 e. The monoisotopic (exact) mass is 444 g/mol. The molecule has 1 aliphatic heterocycles. The predicted octanol–water partition coefficient (Wildman–Crippen LogP) is 5.73. The molecular weight excluding hydrogens is 427 g/mol. The Bertz CT molecular complexity index is 1080. The van der Waals surface area contributed by atoms with Crippen LogP contribution >= 0.6 is 34.8 Å². The predicted molar refractivity (Wildman–Crippen MR) is 119 cm³/mol. The minimum atomic E-state index is -0.661. The third-order valence-electron chi connectivity index (χ3n) is 5.20. The molecule has 1 aliphatic rings. The van der Waals surface area contributed by atoms with E-state index in [1.807, 2.05) is 36.4 Å². The Morgan fingerprint density at radius 1 is 0.931 bits per heavy atom. The number of rotatable bonds is 4. The van der Waals surface area contributed by atoms with Crippen LogP contribution in [0.3, 0.4) is 0 Å². The summed E-state index contributed by atoms with van der Waals surface area (Å²) in [4.78, 5) is 14.7. The van der Waals surface area contributed by atoms with Gasteiger partial charge in [-0.15, -0.1) is 0 Å². The van der Waals surface area contributed by atoms with E-state index in [9.17, 15) is 4.79 Å². The van der Waals surface area contributed by atoms with Gasteiger partial charge in [-0.05, 0) is 52.9 Å². The lowest BCUT2D eigenvalue weighted by molar-refractivity contribution is -0.133. The lowest BCUT2D eigenvalue weighted by Gasteiger charge is -2.20. The van der Waals surface area contributed by atoms with Crippen LogP contribution in [0.15, 0.2) is 60.7 Å². The van der Waals surface area contributed by atoms with Gasteiger partial charge in [-0.25, -0.2) is 0 Å². The fourth-order valence-corrected chi connectivity index (χ4v) is 4.39. The van der Waals surface area contributed by atoms with Crippen molar-refractivity contribution in [3.63, 3.8) is 0 Å². The Morgan fingerprint density at radius 3 is 2.45 bits per heavy atom. The first kappa shape index (κ1) is 20.2. The SMILES string of the molecule is N[C@H](Cc1ccc(Cl)cc1Cl)C(=O)N1Cc2ccc(-c3ccccc3Cl)cc2C1. The summed E-state index contributed by atoms with van der Waals surface area (Å²) in [5.74, 6) is -0.0912. The molecule has 0 aliphatic carbocycles. The van der Waals surface area contributed by atoms with Crippen LogP contribution < -0.4 is 5.73 Å². The van der Waals surface area contributed by atoms with Crippen LogP contribution in [0, 0.1) is 0 Å². The highest BCUT2D eigenvalue weighted by atomic mass is 35.5. The summed E-state index contributed by atoms with van der Waals surface area (Å²) in [6.07, 6.45) is 0.368. The molecule has 6 heteroatoms. The lowest BCUT2D eigenvalue weighted by Crippen LogP contribution is -2.42. The van der Waals surface area contributed by atoms with E-state index in [0.717, 1.165) is 27.8 Å². The van der Waals surface area contributed by atoms with Crippen molar-refractivity contribution in [2.75, 3.05) is 0 Å². The molecule has 0 spiro atoms. The number of fused-ring (bicyclic) bond motifs is 1. The zero-order valence-corrected chi connectivity index (χ0v) is 17.8. The van der Waals surface area contributed by atoms with Crippen molar-refractivity contribution in [2.24, 2.45) is 5.73 Å². The van der Waals surface area contributed by atoms with Crippen LogP contribution in [-0.4, -0.2) is 16.8 Å². The number of hydrogen-bond donors (Lipinski definition) is 1. The molecule has 0 bridgehead atoms. The molecule has 1 heterocycles. The molecule has 0 saturated carbocycles. The quantitative estimate of drug-likeness (QED) is 0.558. The van der Waals surface area contributed by atoms with Gasteiger partial charge in [0, 0.05) is 33.7 Å². The molecule has 1 atom stereocenters. The minimum absolute atomic E-state index is 0.0912. The fraction of sp³-hybridized carbons (Fsp3) is 0.174. The summed E-state index contributed by atoms with van der Waals surface area (Å²) in [5, 5.41) is 1.79. The first-order valence-electron chi connectivity index (χ1n) is 9.27. The fourth-order valence-electron chi connectivity index (χ4n) is 3.66. The van der Waals surface area contributed by atoms with Crippen molar-refractivity contribution >= 4 is 40.7 Å². The van der Waals surface area contributed by atoms with Crippen molar-refractivity contribution < 1.29 is 4.79 Å². The topological polar surface area (TPSA) is 46.3 Å². The molecular formula is C23H19Cl3N2O. The zero-order chi connectivity index (χ0) is 20.5. The largest absolute Gasteiger partial charge is 0.333 e. The molecule has 148 valence electrons. The molecule has 0 aromatic heterocycles. The van der Waals surface area contributed by atoms with Crippen LogP contribution in [0.2, 0.25) is 15.1 Å². The van der Waals surface area contributed by atoms with Crippen molar-refractivity contribution in [3.05, 3.63) is 92.4 Å². The van der Waals surface area contributed by atoms with Gasteiger partial charge in [-0.2, -0.15) is 0 Å². The first-order chi connectivity index (χ1) is 13.9. The van der Waals surface area contributed by atoms with Gasteiger partial charge in [0.25, 0.3) is 0 Å². The van der Waals surface area contributed by atoms with Crippen LogP contribution in [-0.2, 0) is 24.3 Å². The second-order valence-corrected chi connectivity index (χ2v) is 8.45. The highest BCUT2D eigenvalue weighted by molar-refractivity contribution is 6.35. The van der Waals surface area contributed by atoms with Gasteiger partial charge in [-0.1, -0.05) is 71.2 Å². The van der Waals surface area contributed by atoms with Gasteiger partial charge < -0.3 is 10.6 Å². The van der Waals surface area contributed by atoms with Crippen molar-refractivity contribution in [2.45, 2.75) is 25.6 Å². The molecule has 1 amide bonds. The Hall–Kier alpha value is -2.04. The average Bonchev–Trinajstić information content (AvgIpc) is 3.13. The van der Waals surface area contributed by atoms with Gasteiger partial charge in [0.1, 0.15) is 0 Å². The van der Waals surface area contributed by atoms with Crippen molar-refractivity contribution in [3.8, 4) is 11.1 Å². The summed E-state index contributed by atoms with van der Waals surface area (Å²) in [6.45, 7) is 1.09. The van der Waals surface area contributed by atoms with Crippen LogP contribution in [0.1, 0.15) is 16.7 Å². The third kappa shape index (κ3) is 4.29. The number of amides is 1. The Kier molecular flexibility index (Phi) is 5.84. The van der Waals surface area contributed by atoms with Gasteiger partial charge in [0.15, 0.2) is 0 Å². The van der Waals surface area contributed by atoms with Gasteiger partial charge in [0.2, 0.25) is 5.91 Å². The molecule has 0 saturated heterocycles. The summed E-state index contributed by atoms with van der Waals surface area (Å²) in [5.41, 5.74) is 11.3. The van der Waals surface area contributed by atoms with E-state index < -0.39 is 6.04 Å². The summed E-state index contributed by atoms with van der Waals surface area (Å²) in [7, 11) is 0. The number of nitrogens with zero attached hydrogens (tertiary/aromatic N) is 1. The van der Waals surface area contributed by atoms with Crippen molar-refractivity contribution in [1.29, 1.82) is 0 Å². The van der Waals surface area contributed by atoms with Crippen LogP contribution in [0.25, 0.3) is 11.1 Å². The van der Waals surface area contributed by atoms with E-state index in [4.69, 9.17) is 40.5 Å². The van der Waals surface area contributed by atoms with Gasteiger partial charge in [-0.3, -0.25) is 4.79 Å². The number of nitrogens with two attached hydrogens (primary N) is 1. The number of carbonyl (C=O) groups excluding carboxylic acids is 1. The molecule has 3 nitrogen and oxygen atoms in total. The van der Waals surface area contributed by atoms with E-state index in [0.29, 0.717) is 34.6 Å². The Balaban J connectivity index is 1.48. The molecule has 0 radical (unpaired) electrons. The highest BCUT2D eigenvalue weighted by Crippen LogP contribution is 2.32. The second-order valence-electron chi connectivity index (χ2n) is 7.20. The zero-order valence-electron chi connectivity index (χ0n) is 15.5. The number of hydrogen-bond acceptors (Lipinski definition) is 2. The standard InChI is InChI=1S/C23H19Cl3N2O/c24-18-8-7-15(21(26)11-18)10-22(27)23(29)28-12-16-6-5-14(9-17(16)13-28)19-3-1-2-4-20(19)25/h1-9,11,22H,10,12-13,27H2/t22-/m1/s1. The van der Waals surface area contributed by atoms with Gasteiger partial charge in [0.05, 0.1) is 6.04 Å². The molecule has 4 rings (SSSR count). The number of carbonyl (C=O) groups is 1. The Labute approximate surface area is 185 Å². The van der Waals surface area contributed by atoms with E-state index in [-0.39, 0.29) is 5.91 Å². The van der Waals surface area contributed by atoms with E-state index in [2.05, 4.69) is 12.1 Å². The molecule has 0 fully saturated rings. The maximum absolute atomic E-state index is 12.9. The average molecular weight is 446 g/mol. The molecule has 29 heavy (non-hydrogen) atoms. The molecule has 2 N–H and O–H groups in total. The first-order valence-corrected chi connectivity index (χ1v) is 10.4. The summed E-state index contributed by atoms with van der Waals surface area (Å²) in [6, 6.07) is 18.5. The third-order valence-corrected chi connectivity index (χ3v) is 6.11. The molecule has 3 aromatic rings. The van der Waals surface area contributed by atoms with Crippen LogP contribution in [0.4, 0.5) is 0 Å². The van der Waals surface area contributed by atoms with E-state index >= 15 is 0 Å². The van der Waals surface area contributed by atoms with E-state index in [1.165, 1.54) is 0 Å². The van der Waals surface area contributed by atoms with Gasteiger partial charge >= 0.3 is 0 Å². The lowest BCUT2D eigenvalue weighted by atomic mass is 10.0. The maximum atomic E-state index is 12.9. The maximum Gasteiger partial charge on any atom is 0.240 e. The van der Waals surface area contributed by atoms with E-state index in [1.54, 1.807) is 17.0 Å². The van der Waals surface area contributed by atoms with Crippen molar-refractivity contribution in [1.82, 2.24) is 4.90 Å². The smallest absolute Gasteiger partial charge is 0.240 e. The second kappa shape index (κ2) is 8.37. The summed E-state index contributed by atoms with van der Waals surface area (Å²) >= 11 is 18.5.